The van der Waals surface area contributed by atoms with Crippen molar-refractivity contribution in [2.75, 3.05) is 17.1 Å². The average Bonchev–Trinajstić information content (AvgIpc) is 2.95. The van der Waals surface area contributed by atoms with Crippen LogP contribution in [0.1, 0.15) is 48.8 Å². The summed E-state index contributed by atoms with van der Waals surface area (Å²) < 4.78 is 41.7. The number of benzene rings is 3. The Kier molecular flexibility index (Phi) is 10.2. The number of amides is 2. The molecule has 1 saturated carbocycles. The minimum atomic E-state index is -3.86. The van der Waals surface area contributed by atoms with Gasteiger partial charge in [0, 0.05) is 24.6 Å². The Morgan fingerprint density at radius 2 is 1.63 bits per heavy atom. The Bertz CT molecular complexity index is 1440. The summed E-state index contributed by atoms with van der Waals surface area (Å²) in [7, 11) is -3.86. The lowest BCUT2D eigenvalue weighted by atomic mass is 9.94. The van der Waals surface area contributed by atoms with E-state index in [1.165, 1.54) is 11.0 Å². The summed E-state index contributed by atoms with van der Waals surface area (Å²) in [5.74, 6) is -1.43. The fourth-order valence-corrected chi connectivity index (χ4v) is 6.15. The number of carbonyl (C=O) groups excluding carboxylic acids is 2. The number of aryl methyl sites for hydroxylation is 1. The van der Waals surface area contributed by atoms with E-state index in [4.69, 9.17) is 0 Å². The van der Waals surface area contributed by atoms with Gasteiger partial charge in [-0.3, -0.25) is 13.9 Å². The molecule has 0 aromatic heterocycles. The Labute approximate surface area is 242 Å². The second-order valence-electron chi connectivity index (χ2n) is 10.8. The zero-order valence-electron chi connectivity index (χ0n) is 23.6. The molecule has 1 atom stereocenters. The third-order valence-electron chi connectivity index (χ3n) is 7.49. The molecule has 0 radical (unpaired) electrons. The largest absolute Gasteiger partial charge is 0.352 e. The number of nitrogens with one attached hydrogen (secondary N) is 1. The van der Waals surface area contributed by atoms with Crippen molar-refractivity contribution in [1.82, 2.24) is 10.2 Å². The Morgan fingerprint density at radius 3 is 2.29 bits per heavy atom. The van der Waals surface area contributed by atoms with Gasteiger partial charge in [0.25, 0.3) is 0 Å². The van der Waals surface area contributed by atoms with E-state index >= 15 is 0 Å². The van der Waals surface area contributed by atoms with Gasteiger partial charge in [-0.25, -0.2) is 12.8 Å². The van der Waals surface area contributed by atoms with Crippen molar-refractivity contribution in [2.45, 2.75) is 64.1 Å². The molecule has 0 saturated heterocycles. The summed E-state index contributed by atoms with van der Waals surface area (Å²) in [5, 5.41) is 3.14. The van der Waals surface area contributed by atoms with Crippen LogP contribution in [0.2, 0.25) is 0 Å². The Balaban J connectivity index is 1.73. The lowest BCUT2D eigenvalue weighted by molar-refractivity contribution is -0.140. The van der Waals surface area contributed by atoms with E-state index in [-0.39, 0.29) is 30.5 Å². The third-order valence-corrected chi connectivity index (χ3v) is 8.63. The molecular weight excluding hydrogens is 541 g/mol. The highest BCUT2D eigenvalue weighted by Crippen LogP contribution is 2.23. The second-order valence-corrected chi connectivity index (χ2v) is 12.7. The summed E-state index contributed by atoms with van der Waals surface area (Å²) in [6, 6.07) is 21.3. The van der Waals surface area contributed by atoms with Crippen molar-refractivity contribution < 1.29 is 22.4 Å². The van der Waals surface area contributed by atoms with E-state index in [0.29, 0.717) is 5.69 Å². The van der Waals surface area contributed by atoms with Gasteiger partial charge in [0.2, 0.25) is 21.8 Å². The normalized spacial score (nSPS) is 14.7. The van der Waals surface area contributed by atoms with Crippen molar-refractivity contribution >= 4 is 27.5 Å². The van der Waals surface area contributed by atoms with E-state index in [9.17, 15) is 22.4 Å². The molecule has 0 unspecified atom stereocenters. The highest BCUT2D eigenvalue weighted by atomic mass is 32.2. The number of sulfonamides is 1. The molecule has 0 heterocycles. The Morgan fingerprint density at radius 1 is 0.951 bits per heavy atom. The van der Waals surface area contributed by atoms with Crippen molar-refractivity contribution in [1.29, 1.82) is 0 Å². The molecule has 41 heavy (non-hydrogen) atoms. The van der Waals surface area contributed by atoms with E-state index in [0.717, 1.165) is 53.8 Å². The number of hydrogen-bond donors (Lipinski definition) is 1. The third kappa shape index (κ3) is 8.39. The molecule has 3 aromatic rings. The van der Waals surface area contributed by atoms with Crippen LogP contribution < -0.4 is 9.62 Å². The first kappa shape index (κ1) is 30.2. The SMILES string of the molecule is Cc1cccc(N(CC(=O)N(Cc2ccccc2F)[C@@H](Cc2ccccc2)C(=O)NC2CCCCC2)S(C)(=O)=O)c1. The maximum atomic E-state index is 14.9. The topological polar surface area (TPSA) is 86.8 Å². The van der Waals surface area contributed by atoms with E-state index in [1.54, 1.807) is 36.4 Å². The molecule has 0 bridgehead atoms. The highest BCUT2D eigenvalue weighted by Gasteiger charge is 2.34. The molecule has 0 spiro atoms. The smallest absolute Gasteiger partial charge is 0.244 e. The molecule has 9 heteroatoms. The maximum Gasteiger partial charge on any atom is 0.244 e. The molecule has 1 aliphatic rings. The second kappa shape index (κ2) is 13.8. The van der Waals surface area contributed by atoms with Crippen molar-refractivity contribution in [3.05, 3.63) is 101 Å². The van der Waals surface area contributed by atoms with Crippen LogP contribution in [-0.4, -0.2) is 50.0 Å². The van der Waals surface area contributed by atoms with Gasteiger partial charge >= 0.3 is 0 Å². The average molecular weight is 580 g/mol. The highest BCUT2D eigenvalue weighted by molar-refractivity contribution is 7.92. The molecular formula is C32H38FN3O4S. The van der Waals surface area contributed by atoms with Gasteiger partial charge in [0.05, 0.1) is 11.9 Å². The number of hydrogen-bond acceptors (Lipinski definition) is 4. The van der Waals surface area contributed by atoms with Crippen molar-refractivity contribution in [3.63, 3.8) is 0 Å². The number of carbonyl (C=O) groups is 2. The summed E-state index contributed by atoms with van der Waals surface area (Å²) in [6.07, 6.45) is 6.13. The lowest BCUT2D eigenvalue weighted by Crippen LogP contribution is -2.55. The molecule has 1 aliphatic carbocycles. The molecule has 1 N–H and O–H groups in total. The van der Waals surface area contributed by atoms with Crippen LogP contribution in [0, 0.1) is 12.7 Å². The number of halogens is 1. The van der Waals surface area contributed by atoms with E-state index in [1.807, 2.05) is 43.3 Å². The first-order valence-electron chi connectivity index (χ1n) is 14.0. The molecule has 7 nitrogen and oxygen atoms in total. The summed E-state index contributed by atoms with van der Waals surface area (Å²) in [5.41, 5.74) is 2.26. The van der Waals surface area contributed by atoms with Gasteiger partial charge in [-0.1, -0.05) is 79.9 Å². The maximum absolute atomic E-state index is 14.9. The van der Waals surface area contributed by atoms with E-state index < -0.39 is 34.3 Å². The first-order valence-corrected chi connectivity index (χ1v) is 15.9. The molecule has 3 aromatic carbocycles. The van der Waals surface area contributed by atoms with Crippen molar-refractivity contribution in [3.8, 4) is 0 Å². The number of anilines is 1. The zero-order valence-corrected chi connectivity index (χ0v) is 24.4. The van der Waals surface area contributed by atoms with Crippen LogP contribution in [0.25, 0.3) is 0 Å². The van der Waals surface area contributed by atoms with Crippen LogP contribution in [0.4, 0.5) is 10.1 Å². The number of nitrogens with zero attached hydrogens (tertiary/aromatic N) is 2. The lowest BCUT2D eigenvalue weighted by Gasteiger charge is -2.35. The summed E-state index contributed by atoms with van der Waals surface area (Å²) in [6.45, 7) is 1.12. The van der Waals surface area contributed by atoms with Gasteiger partial charge in [-0.05, 0) is 49.1 Å². The first-order chi connectivity index (χ1) is 19.6. The predicted molar refractivity (Wildman–Crippen MR) is 159 cm³/mol. The minimum absolute atomic E-state index is 0.000233. The van der Waals surface area contributed by atoms with Gasteiger partial charge in [-0.2, -0.15) is 0 Å². The van der Waals surface area contributed by atoms with Crippen molar-refractivity contribution in [2.24, 2.45) is 0 Å². The van der Waals surface area contributed by atoms with E-state index in [2.05, 4.69) is 5.32 Å². The minimum Gasteiger partial charge on any atom is -0.352 e. The van der Waals surface area contributed by atoms with Gasteiger partial charge < -0.3 is 10.2 Å². The van der Waals surface area contributed by atoms with Gasteiger partial charge in [0.15, 0.2) is 0 Å². The van der Waals surface area contributed by atoms with Crippen LogP contribution >= 0.6 is 0 Å². The summed E-state index contributed by atoms with van der Waals surface area (Å²) >= 11 is 0. The fourth-order valence-electron chi connectivity index (χ4n) is 5.31. The van der Waals surface area contributed by atoms with Crippen LogP contribution in [0.15, 0.2) is 78.9 Å². The molecule has 0 aliphatic heterocycles. The predicted octanol–water partition coefficient (Wildman–Crippen LogP) is 4.99. The quantitative estimate of drug-likeness (QED) is 0.347. The molecule has 2 amide bonds. The molecule has 4 rings (SSSR count). The molecule has 1 fully saturated rings. The van der Waals surface area contributed by atoms with Gasteiger partial charge in [-0.15, -0.1) is 0 Å². The molecule has 218 valence electrons. The van der Waals surface area contributed by atoms with Crippen LogP contribution in [-0.2, 0) is 32.6 Å². The van der Waals surface area contributed by atoms with Crippen LogP contribution in [0.5, 0.6) is 0 Å². The monoisotopic (exact) mass is 579 g/mol. The number of rotatable bonds is 11. The summed E-state index contributed by atoms with van der Waals surface area (Å²) in [4.78, 5) is 29.4. The standard InChI is InChI=1S/C32H38FN3O4S/c1-24-12-11-18-28(20-24)36(41(2,39)40)23-31(37)35(22-26-15-9-10-19-29(26)33)30(21-25-13-5-3-6-14-25)32(38)34-27-16-7-4-8-17-27/h3,5-6,9-15,18-20,27,30H,4,7-8,16-17,21-23H2,1-2H3,(H,34,38)/t30-/m0/s1. The van der Waals surface area contributed by atoms with Gasteiger partial charge in [0.1, 0.15) is 18.4 Å². The Hall–Kier alpha value is -3.72. The zero-order chi connectivity index (χ0) is 29.4. The van der Waals surface area contributed by atoms with Crippen LogP contribution in [0.3, 0.4) is 0 Å². The fraction of sp³-hybridized carbons (Fsp3) is 0.375.